The van der Waals surface area contributed by atoms with Crippen LogP contribution in [-0.4, -0.2) is 26.4 Å². The third-order valence-electron chi connectivity index (χ3n) is 1.73. The Morgan fingerprint density at radius 2 is 2.50 bits per heavy atom. The van der Waals surface area contributed by atoms with Crippen molar-refractivity contribution in [3.63, 3.8) is 0 Å². The zero-order chi connectivity index (χ0) is 7.40. The molecule has 0 amide bonds. The molecule has 0 aliphatic carbocycles. The largest absolute Gasteiger partial charge is 0.391 e. The van der Waals surface area contributed by atoms with Crippen LogP contribution >= 0.6 is 0 Å². The molecule has 3 nitrogen and oxygen atoms in total. The Morgan fingerprint density at radius 1 is 1.70 bits per heavy atom. The molecule has 0 unspecified atom stereocenters. The molecule has 0 aromatic rings. The van der Waals surface area contributed by atoms with Gasteiger partial charge in [0.05, 0.1) is 0 Å². The molecule has 0 fully saturated rings. The fraction of sp³-hybridized carbons (Fsp3) is 0.571. The van der Waals surface area contributed by atoms with Gasteiger partial charge < -0.3 is 16.0 Å². The van der Waals surface area contributed by atoms with Gasteiger partial charge in [0.15, 0.2) is 0 Å². The third kappa shape index (κ3) is 1.36. The highest BCUT2D eigenvalue weighted by molar-refractivity contribution is 5.77. The first-order valence-corrected chi connectivity index (χ1v) is 3.49. The van der Waals surface area contributed by atoms with Gasteiger partial charge in [-0.15, -0.1) is 0 Å². The van der Waals surface area contributed by atoms with Crippen LogP contribution in [0, 0.1) is 5.41 Å². The smallest absolute Gasteiger partial charge is 0.0240 e. The number of hydrogen-bond acceptors (Lipinski definition) is 3. The van der Waals surface area contributed by atoms with Crippen LogP contribution in [-0.2, 0) is 0 Å². The lowest BCUT2D eigenvalue weighted by Crippen LogP contribution is -2.29. The summed E-state index contributed by atoms with van der Waals surface area (Å²) in [7, 11) is 1.91. The molecule has 0 spiro atoms. The standard InChI is InChI=1S/C7H13N3/c1-9-7-2-3-10-5-6(7)4-8/h4,8-10H,2-3,5H2,1H3. The second-order valence-corrected chi connectivity index (χ2v) is 2.32. The maximum atomic E-state index is 7.07. The fourth-order valence-electron chi connectivity index (χ4n) is 1.13. The van der Waals surface area contributed by atoms with E-state index in [0.717, 1.165) is 25.1 Å². The van der Waals surface area contributed by atoms with Gasteiger partial charge in [-0.3, -0.25) is 0 Å². The topological polar surface area (TPSA) is 47.9 Å². The van der Waals surface area contributed by atoms with Crippen molar-refractivity contribution in [2.75, 3.05) is 20.1 Å². The van der Waals surface area contributed by atoms with E-state index in [9.17, 15) is 0 Å². The molecule has 10 heavy (non-hydrogen) atoms. The quantitative estimate of drug-likeness (QED) is 0.475. The van der Waals surface area contributed by atoms with Crippen LogP contribution in [0.4, 0.5) is 0 Å². The van der Waals surface area contributed by atoms with E-state index < -0.39 is 0 Å². The predicted molar refractivity (Wildman–Crippen MR) is 42.4 cm³/mol. The van der Waals surface area contributed by atoms with Gasteiger partial charge in [-0.05, 0) is 6.42 Å². The summed E-state index contributed by atoms with van der Waals surface area (Å²) in [4.78, 5) is 0. The summed E-state index contributed by atoms with van der Waals surface area (Å²) >= 11 is 0. The molecule has 0 atom stereocenters. The lowest BCUT2D eigenvalue weighted by atomic mass is 10.1. The van der Waals surface area contributed by atoms with E-state index >= 15 is 0 Å². The van der Waals surface area contributed by atoms with Crippen molar-refractivity contribution in [1.82, 2.24) is 10.6 Å². The Labute approximate surface area is 61.0 Å². The normalized spacial score (nSPS) is 18.9. The molecular formula is C7H13N3. The van der Waals surface area contributed by atoms with Crippen LogP contribution in [0.1, 0.15) is 6.42 Å². The summed E-state index contributed by atoms with van der Waals surface area (Å²) in [5.41, 5.74) is 2.28. The Balaban J connectivity index is 2.72. The van der Waals surface area contributed by atoms with Gasteiger partial charge in [-0.25, -0.2) is 0 Å². The van der Waals surface area contributed by atoms with Crippen molar-refractivity contribution >= 4 is 6.21 Å². The SMILES string of the molecule is CNC1=C(C=N)CNCC1. The van der Waals surface area contributed by atoms with E-state index in [1.165, 1.54) is 11.9 Å². The highest BCUT2D eigenvalue weighted by Crippen LogP contribution is 2.05. The molecule has 0 aromatic heterocycles. The minimum atomic E-state index is 0.833. The minimum Gasteiger partial charge on any atom is -0.391 e. The Kier molecular flexibility index (Phi) is 2.45. The molecule has 3 N–H and O–H groups in total. The highest BCUT2D eigenvalue weighted by Gasteiger charge is 2.07. The van der Waals surface area contributed by atoms with Gasteiger partial charge in [0, 0.05) is 37.6 Å². The van der Waals surface area contributed by atoms with Gasteiger partial charge in [0.25, 0.3) is 0 Å². The van der Waals surface area contributed by atoms with Crippen LogP contribution in [0.25, 0.3) is 0 Å². The summed E-state index contributed by atoms with van der Waals surface area (Å²) in [6.45, 7) is 1.85. The molecule has 0 aromatic carbocycles. The Hall–Kier alpha value is -0.830. The monoisotopic (exact) mass is 139 g/mol. The zero-order valence-corrected chi connectivity index (χ0v) is 6.20. The summed E-state index contributed by atoms with van der Waals surface area (Å²) < 4.78 is 0. The molecule has 0 bridgehead atoms. The van der Waals surface area contributed by atoms with Crippen LogP contribution < -0.4 is 10.6 Å². The van der Waals surface area contributed by atoms with Crippen LogP contribution in [0.2, 0.25) is 0 Å². The Bertz CT molecular complexity index is 160. The first-order chi connectivity index (χ1) is 4.88. The number of nitrogens with one attached hydrogen (secondary N) is 3. The first kappa shape index (κ1) is 7.28. The van der Waals surface area contributed by atoms with E-state index in [-0.39, 0.29) is 0 Å². The van der Waals surface area contributed by atoms with E-state index in [1.54, 1.807) is 0 Å². The summed E-state index contributed by atoms with van der Waals surface area (Å²) in [5, 5.41) is 13.4. The van der Waals surface area contributed by atoms with Gasteiger partial charge >= 0.3 is 0 Å². The minimum absolute atomic E-state index is 0.833. The molecule has 0 saturated carbocycles. The molecule has 56 valence electrons. The molecule has 1 aliphatic heterocycles. The summed E-state index contributed by atoms with van der Waals surface area (Å²) in [5.74, 6) is 0. The molecule has 0 saturated heterocycles. The van der Waals surface area contributed by atoms with Gasteiger partial charge in [-0.2, -0.15) is 0 Å². The zero-order valence-electron chi connectivity index (χ0n) is 6.20. The molecule has 1 heterocycles. The van der Waals surface area contributed by atoms with Crippen molar-refractivity contribution in [2.24, 2.45) is 0 Å². The highest BCUT2D eigenvalue weighted by atomic mass is 14.9. The third-order valence-corrected chi connectivity index (χ3v) is 1.73. The van der Waals surface area contributed by atoms with Gasteiger partial charge in [0.2, 0.25) is 0 Å². The van der Waals surface area contributed by atoms with Crippen LogP contribution in [0.5, 0.6) is 0 Å². The van der Waals surface area contributed by atoms with Crippen LogP contribution in [0.15, 0.2) is 11.3 Å². The molecule has 0 radical (unpaired) electrons. The average Bonchev–Trinajstić information content (AvgIpc) is 2.04. The maximum absolute atomic E-state index is 7.07. The molecule has 1 rings (SSSR count). The summed E-state index contributed by atoms with van der Waals surface area (Å²) in [6, 6.07) is 0. The molecular weight excluding hydrogens is 126 g/mol. The maximum Gasteiger partial charge on any atom is 0.0240 e. The second kappa shape index (κ2) is 3.37. The van der Waals surface area contributed by atoms with E-state index in [2.05, 4.69) is 10.6 Å². The first-order valence-electron chi connectivity index (χ1n) is 3.49. The van der Waals surface area contributed by atoms with Crippen molar-refractivity contribution in [3.05, 3.63) is 11.3 Å². The van der Waals surface area contributed by atoms with Crippen molar-refractivity contribution < 1.29 is 0 Å². The van der Waals surface area contributed by atoms with Crippen molar-refractivity contribution in [1.29, 1.82) is 5.41 Å². The predicted octanol–water partition coefficient (Wildman–Crippen LogP) is 0.103. The number of rotatable bonds is 2. The van der Waals surface area contributed by atoms with Crippen molar-refractivity contribution in [2.45, 2.75) is 6.42 Å². The lowest BCUT2D eigenvalue weighted by molar-refractivity contribution is 0.661. The second-order valence-electron chi connectivity index (χ2n) is 2.32. The molecule has 3 heteroatoms. The van der Waals surface area contributed by atoms with Gasteiger partial charge in [0.1, 0.15) is 0 Å². The lowest BCUT2D eigenvalue weighted by Gasteiger charge is -2.17. The Morgan fingerprint density at radius 3 is 3.00 bits per heavy atom. The van der Waals surface area contributed by atoms with E-state index in [0.29, 0.717) is 0 Å². The van der Waals surface area contributed by atoms with E-state index in [1.807, 2.05) is 7.05 Å². The average molecular weight is 139 g/mol. The molecule has 1 aliphatic rings. The van der Waals surface area contributed by atoms with E-state index in [4.69, 9.17) is 5.41 Å². The van der Waals surface area contributed by atoms with Gasteiger partial charge in [-0.1, -0.05) is 0 Å². The fourth-order valence-corrected chi connectivity index (χ4v) is 1.13. The van der Waals surface area contributed by atoms with Crippen LogP contribution in [0.3, 0.4) is 0 Å². The van der Waals surface area contributed by atoms with Crippen molar-refractivity contribution in [3.8, 4) is 0 Å². The summed E-state index contributed by atoms with van der Waals surface area (Å²) in [6.07, 6.45) is 2.43. The number of hydrogen-bond donors (Lipinski definition) is 3.